The van der Waals surface area contributed by atoms with Crippen LogP contribution in [0.2, 0.25) is 0 Å². The molecule has 2 aromatic rings. The van der Waals surface area contributed by atoms with Crippen molar-refractivity contribution in [2.24, 2.45) is 0 Å². The normalized spacial score (nSPS) is 10.3. The third-order valence-electron chi connectivity index (χ3n) is 2.42. The Labute approximate surface area is 101 Å². The van der Waals surface area contributed by atoms with Crippen LogP contribution in [0.15, 0.2) is 28.8 Å². The van der Waals surface area contributed by atoms with Gasteiger partial charge in [-0.2, -0.15) is 0 Å². The SMILES string of the molecule is Cc1ccc(-c2cc(C(=O)O)no2)cc1[N+](=O)[O-]. The number of rotatable bonds is 3. The van der Waals surface area contributed by atoms with Crippen LogP contribution in [0.25, 0.3) is 11.3 Å². The van der Waals surface area contributed by atoms with E-state index in [1.54, 1.807) is 19.1 Å². The van der Waals surface area contributed by atoms with Gasteiger partial charge in [-0.15, -0.1) is 0 Å². The Bertz CT molecular complexity index is 632. The van der Waals surface area contributed by atoms with Crippen molar-refractivity contribution in [3.63, 3.8) is 0 Å². The predicted octanol–water partition coefficient (Wildman–Crippen LogP) is 2.26. The Balaban J connectivity index is 2.47. The Kier molecular flexibility index (Phi) is 2.80. The molecular weight excluding hydrogens is 240 g/mol. The highest BCUT2D eigenvalue weighted by Gasteiger charge is 2.16. The number of hydrogen-bond donors (Lipinski definition) is 1. The van der Waals surface area contributed by atoms with E-state index in [2.05, 4.69) is 5.16 Å². The van der Waals surface area contributed by atoms with Crippen LogP contribution in [0.1, 0.15) is 16.1 Å². The first kappa shape index (κ1) is 11.8. The number of carboxylic acid groups (broad SMARTS) is 1. The first-order valence-corrected chi connectivity index (χ1v) is 4.94. The summed E-state index contributed by atoms with van der Waals surface area (Å²) in [5.41, 5.74) is 0.628. The van der Waals surface area contributed by atoms with Crippen molar-refractivity contribution in [3.05, 3.63) is 45.6 Å². The minimum absolute atomic E-state index is 0.0548. The van der Waals surface area contributed by atoms with Gasteiger partial charge in [0.05, 0.1) is 4.92 Å². The van der Waals surface area contributed by atoms with Crippen LogP contribution in [0.3, 0.4) is 0 Å². The summed E-state index contributed by atoms with van der Waals surface area (Å²) in [7, 11) is 0. The number of aryl methyl sites for hydroxylation is 1. The number of nitro groups is 1. The van der Waals surface area contributed by atoms with E-state index in [9.17, 15) is 14.9 Å². The first-order chi connectivity index (χ1) is 8.49. The predicted molar refractivity (Wildman–Crippen MR) is 60.3 cm³/mol. The van der Waals surface area contributed by atoms with Crippen LogP contribution in [-0.4, -0.2) is 21.2 Å². The van der Waals surface area contributed by atoms with Gasteiger partial charge in [-0.3, -0.25) is 10.1 Å². The molecule has 0 radical (unpaired) electrons. The lowest BCUT2D eigenvalue weighted by Gasteiger charge is -1.99. The molecule has 0 unspecified atom stereocenters. The lowest BCUT2D eigenvalue weighted by Crippen LogP contribution is -1.94. The van der Waals surface area contributed by atoms with Crippen molar-refractivity contribution in [2.75, 3.05) is 0 Å². The number of aromatic nitrogens is 1. The molecule has 0 saturated carbocycles. The lowest BCUT2D eigenvalue weighted by atomic mass is 10.1. The smallest absolute Gasteiger partial charge is 0.358 e. The van der Waals surface area contributed by atoms with E-state index in [-0.39, 0.29) is 17.1 Å². The molecule has 18 heavy (non-hydrogen) atoms. The van der Waals surface area contributed by atoms with Gasteiger partial charge < -0.3 is 9.63 Å². The fourth-order valence-corrected chi connectivity index (χ4v) is 1.47. The van der Waals surface area contributed by atoms with Crippen molar-refractivity contribution >= 4 is 11.7 Å². The molecule has 7 nitrogen and oxygen atoms in total. The third-order valence-corrected chi connectivity index (χ3v) is 2.42. The van der Waals surface area contributed by atoms with Crippen LogP contribution in [0.5, 0.6) is 0 Å². The number of benzene rings is 1. The number of carbonyl (C=O) groups is 1. The molecule has 0 saturated heterocycles. The van der Waals surface area contributed by atoms with Crippen LogP contribution in [0.4, 0.5) is 5.69 Å². The van der Waals surface area contributed by atoms with Gasteiger partial charge >= 0.3 is 5.97 Å². The quantitative estimate of drug-likeness (QED) is 0.659. The zero-order valence-electron chi connectivity index (χ0n) is 9.28. The van der Waals surface area contributed by atoms with Gasteiger partial charge in [0.2, 0.25) is 0 Å². The highest BCUT2D eigenvalue weighted by Crippen LogP contribution is 2.27. The maximum atomic E-state index is 10.8. The van der Waals surface area contributed by atoms with E-state index in [0.717, 1.165) is 0 Å². The van der Waals surface area contributed by atoms with E-state index >= 15 is 0 Å². The summed E-state index contributed by atoms with van der Waals surface area (Å²) >= 11 is 0. The Morgan fingerprint density at radius 3 is 2.72 bits per heavy atom. The molecule has 1 aromatic heterocycles. The second-order valence-electron chi connectivity index (χ2n) is 3.64. The van der Waals surface area contributed by atoms with E-state index in [0.29, 0.717) is 11.1 Å². The highest BCUT2D eigenvalue weighted by molar-refractivity contribution is 5.86. The van der Waals surface area contributed by atoms with Crippen LogP contribution in [-0.2, 0) is 0 Å². The second kappa shape index (κ2) is 4.28. The minimum atomic E-state index is -1.22. The molecule has 1 aromatic carbocycles. The number of nitrogens with zero attached hydrogens (tertiary/aromatic N) is 2. The van der Waals surface area contributed by atoms with Gasteiger partial charge in [-0.25, -0.2) is 4.79 Å². The molecule has 0 amide bonds. The van der Waals surface area contributed by atoms with E-state index in [1.807, 2.05) is 0 Å². The summed E-state index contributed by atoms with van der Waals surface area (Å²) in [6.07, 6.45) is 0. The summed E-state index contributed by atoms with van der Waals surface area (Å²) in [5, 5.41) is 22.8. The van der Waals surface area contributed by atoms with Crippen LogP contribution >= 0.6 is 0 Å². The fourth-order valence-electron chi connectivity index (χ4n) is 1.47. The van der Waals surface area contributed by atoms with Crippen LogP contribution in [0, 0.1) is 17.0 Å². The summed E-state index contributed by atoms with van der Waals surface area (Å²) in [6, 6.07) is 5.71. The largest absolute Gasteiger partial charge is 0.476 e. The number of hydrogen-bond acceptors (Lipinski definition) is 5. The summed E-state index contributed by atoms with van der Waals surface area (Å²) in [5.74, 6) is -1.04. The molecule has 0 aliphatic carbocycles. The molecule has 1 heterocycles. The Morgan fingerprint density at radius 2 is 2.17 bits per heavy atom. The third kappa shape index (κ3) is 2.05. The number of nitro benzene ring substituents is 1. The van der Waals surface area contributed by atoms with Crippen LogP contribution < -0.4 is 0 Å². The van der Waals surface area contributed by atoms with Gasteiger partial charge in [0, 0.05) is 23.3 Å². The molecule has 0 aliphatic rings. The number of carboxylic acids is 1. The molecular formula is C11H8N2O5. The first-order valence-electron chi connectivity index (χ1n) is 4.94. The van der Waals surface area contributed by atoms with Crippen molar-refractivity contribution in [1.82, 2.24) is 5.16 Å². The maximum absolute atomic E-state index is 10.8. The number of aromatic carboxylic acids is 1. The monoisotopic (exact) mass is 248 g/mol. The van der Waals surface area contributed by atoms with E-state index < -0.39 is 10.9 Å². The average molecular weight is 248 g/mol. The lowest BCUT2D eigenvalue weighted by molar-refractivity contribution is -0.385. The van der Waals surface area contributed by atoms with Gasteiger partial charge in [0.1, 0.15) is 0 Å². The maximum Gasteiger partial charge on any atom is 0.358 e. The van der Waals surface area contributed by atoms with Gasteiger partial charge in [-0.1, -0.05) is 17.3 Å². The molecule has 92 valence electrons. The fraction of sp³-hybridized carbons (Fsp3) is 0.0909. The van der Waals surface area contributed by atoms with Gasteiger partial charge in [0.25, 0.3) is 5.69 Å². The minimum Gasteiger partial charge on any atom is -0.476 e. The second-order valence-corrected chi connectivity index (χ2v) is 3.64. The van der Waals surface area contributed by atoms with Crippen molar-refractivity contribution in [1.29, 1.82) is 0 Å². The van der Waals surface area contributed by atoms with Gasteiger partial charge in [0.15, 0.2) is 11.5 Å². The molecule has 1 N–H and O–H groups in total. The molecule has 2 rings (SSSR count). The summed E-state index contributed by atoms with van der Waals surface area (Å²) < 4.78 is 4.83. The Hall–Kier alpha value is -2.70. The highest BCUT2D eigenvalue weighted by atomic mass is 16.6. The molecule has 0 bridgehead atoms. The van der Waals surface area contributed by atoms with E-state index in [4.69, 9.17) is 9.63 Å². The zero-order valence-corrected chi connectivity index (χ0v) is 9.28. The zero-order chi connectivity index (χ0) is 13.3. The van der Waals surface area contributed by atoms with Crippen molar-refractivity contribution < 1.29 is 19.3 Å². The molecule has 7 heteroatoms. The summed E-state index contributed by atoms with van der Waals surface area (Å²) in [6.45, 7) is 1.62. The van der Waals surface area contributed by atoms with Gasteiger partial charge in [-0.05, 0) is 6.92 Å². The molecule has 0 fully saturated rings. The molecule has 0 atom stereocenters. The van der Waals surface area contributed by atoms with E-state index in [1.165, 1.54) is 12.1 Å². The summed E-state index contributed by atoms with van der Waals surface area (Å²) in [4.78, 5) is 20.9. The Morgan fingerprint density at radius 1 is 1.44 bits per heavy atom. The average Bonchev–Trinajstić information content (AvgIpc) is 2.78. The standard InChI is InChI=1S/C11H8N2O5/c1-6-2-3-7(4-9(6)13(16)17)10-5-8(11(14)15)12-18-10/h2-5H,1H3,(H,14,15). The molecule has 0 aliphatic heterocycles. The van der Waals surface area contributed by atoms with Crippen molar-refractivity contribution in [2.45, 2.75) is 6.92 Å². The topological polar surface area (TPSA) is 106 Å². The molecule has 0 spiro atoms. The van der Waals surface area contributed by atoms with Crippen molar-refractivity contribution in [3.8, 4) is 11.3 Å².